The first-order chi connectivity index (χ1) is 10.0. The van der Waals surface area contributed by atoms with E-state index in [-0.39, 0.29) is 12.1 Å². The fourth-order valence-electron chi connectivity index (χ4n) is 2.42. The van der Waals surface area contributed by atoms with Gasteiger partial charge in [-0.25, -0.2) is 4.67 Å². The Morgan fingerprint density at radius 3 is 2.48 bits per heavy atom. The number of hydrogen-bond acceptors (Lipinski definition) is 4. The molecule has 0 aromatic heterocycles. The van der Waals surface area contributed by atoms with Gasteiger partial charge in [0.25, 0.3) is 8.53 Å². The van der Waals surface area contributed by atoms with Gasteiger partial charge in [0.1, 0.15) is 0 Å². The van der Waals surface area contributed by atoms with Gasteiger partial charge in [-0.3, -0.25) is 0 Å². The van der Waals surface area contributed by atoms with Gasteiger partial charge < -0.3 is 14.2 Å². The Hall–Kier alpha value is -0.250. The van der Waals surface area contributed by atoms with Gasteiger partial charge in [-0.15, -0.1) is 0 Å². The van der Waals surface area contributed by atoms with Crippen molar-refractivity contribution in [2.45, 2.75) is 59.0 Å². The van der Waals surface area contributed by atoms with Crippen molar-refractivity contribution in [3.63, 3.8) is 0 Å². The van der Waals surface area contributed by atoms with Gasteiger partial charge in [0.15, 0.2) is 0 Å². The number of ether oxygens (including phenoxy) is 1. The lowest BCUT2D eigenvalue weighted by atomic mass is 10.1. The van der Waals surface area contributed by atoms with Crippen molar-refractivity contribution < 1.29 is 14.2 Å². The van der Waals surface area contributed by atoms with E-state index in [0.717, 1.165) is 25.9 Å². The van der Waals surface area contributed by atoms with E-state index in [9.17, 15) is 4.89 Å². The Labute approximate surface area is 130 Å². The van der Waals surface area contributed by atoms with Crippen molar-refractivity contribution in [2.24, 2.45) is 0 Å². The zero-order valence-corrected chi connectivity index (χ0v) is 14.7. The molecule has 0 saturated carbocycles. The third-order valence-corrected chi connectivity index (χ3v) is 5.06. The maximum atomic E-state index is 10.1. The third-order valence-electron chi connectivity index (χ3n) is 3.32. The van der Waals surface area contributed by atoms with Crippen LogP contribution in [-0.2, 0) is 9.26 Å². The highest BCUT2D eigenvalue weighted by Gasteiger charge is 2.23. The lowest BCUT2D eigenvalue weighted by molar-refractivity contribution is 0.0917. The van der Waals surface area contributed by atoms with Gasteiger partial charge in [0.05, 0.1) is 13.2 Å². The van der Waals surface area contributed by atoms with Crippen LogP contribution in [0.25, 0.3) is 0 Å². The molecule has 0 spiro atoms. The molecule has 0 saturated heterocycles. The Balaban J connectivity index is 2.02. The summed E-state index contributed by atoms with van der Waals surface area (Å²) in [6.07, 6.45) is 9.73. The second-order valence-corrected chi connectivity index (χ2v) is 7.05. The summed E-state index contributed by atoms with van der Waals surface area (Å²) in [6.45, 7) is 10.0. The van der Waals surface area contributed by atoms with Gasteiger partial charge in [-0.2, -0.15) is 0 Å². The molecule has 1 N–H and O–H groups in total. The summed E-state index contributed by atoms with van der Waals surface area (Å²) in [6, 6.07) is 0.547. The minimum Gasteiger partial charge on any atom is -0.379 e. The summed E-state index contributed by atoms with van der Waals surface area (Å²) in [5, 5.41) is 0. The van der Waals surface area contributed by atoms with E-state index in [2.05, 4.69) is 45.9 Å². The molecule has 0 heterocycles. The van der Waals surface area contributed by atoms with Crippen molar-refractivity contribution >= 4 is 8.53 Å². The molecule has 0 aliphatic heterocycles. The molecule has 1 aliphatic rings. The van der Waals surface area contributed by atoms with Crippen molar-refractivity contribution in [3.8, 4) is 0 Å². The van der Waals surface area contributed by atoms with Gasteiger partial charge in [0, 0.05) is 18.7 Å². The predicted molar refractivity (Wildman–Crippen MR) is 89.1 cm³/mol. The maximum Gasteiger partial charge on any atom is 0.256 e. The first kappa shape index (κ1) is 18.8. The summed E-state index contributed by atoms with van der Waals surface area (Å²) in [5.74, 6) is 0. The number of nitrogens with zero attached hydrogens (tertiary/aromatic N) is 1. The highest BCUT2D eigenvalue weighted by Crippen LogP contribution is 2.40. The lowest BCUT2D eigenvalue weighted by Gasteiger charge is -2.32. The molecule has 0 amide bonds. The highest BCUT2D eigenvalue weighted by atomic mass is 31.2. The first-order valence-corrected chi connectivity index (χ1v) is 9.01. The van der Waals surface area contributed by atoms with Crippen molar-refractivity contribution in [3.05, 3.63) is 23.8 Å². The molecule has 1 rings (SSSR count). The standard InChI is InChI=1S/C16H30NO3P/c1-14(2)17(15(3)4)21(18)20-13-12-19-11-7-10-16-8-5-6-9-16/h5-6,8,14-15,18H,7,9-13H2,1-4H3. The normalized spacial score (nSPS) is 16.3. The molecule has 1 unspecified atom stereocenters. The van der Waals surface area contributed by atoms with E-state index in [0.29, 0.717) is 13.2 Å². The van der Waals surface area contributed by atoms with E-state index in [1.165, 1.54) is 5.57 Å². The van der Waals surface area contributed by atoms with Crippen LogP contribution in [0.15, 0.2) is 23.8 Å². The molecule has 0 fully saturated rings. The van der Waals surface area contributed by atoms with E-state index in [1.54, 1.807) is 0 Å². The van der Waals surface area contributed by atoms with Gasteiger partial charge in [-0.05, 0) is 47.0 Å². The Kier molecular flexibility index (Phi) is 9.37. The van der Waals surface area contributed by atoms with E-state index in [1.807, 2.05) is 4.67 Å². The van der Waals surface area contributed by atoms with Gasteiger partial charge >= 0.3 is 0 Å². The number of hydrogen-bond donors (Lipinski definition) is 1. The van der Waals surface area contributed by atoms with Crippen molar-refractivity contribution in [1.82, 2.24) is 4.67 Å². The van der Waals surface area contributed by atoms with Crippen LogP contribution in [0.5, 0.6) is 0 Å². The molecule has 0 bridgehead atoms. The average molecular weight is 315 g/mol. The summed E-state index contributed by atoms with van der Waals surface area (Å²) in [7, 11) is -1.52. The topological polar surface area (TPSA) is 41.9 Å². The SMILES string of the molecule is CC(C)N(C(C)C)P(O)OCCOCCCC1=CC=CC1. The molecule has 4 nitrogen and oxygen atoms in total. The molecule has 0 aromatic rings. The minimum absolute atomic E-state index is 0.273. The summed E-state index contributed by atoms with van der Waals surface area (Å²) < 4.78 is 13.1. The van der Waals surface area contributed by atoms with Crippen LogP contribution >= 0.6 is 8.53 Å². The van der Waals surface area contributed by atoms with Crippen LogP contribution in [0.3, 0.4) is 0 Å². The van der Waals surface area contributed by atoms with E-state index in [4.69, 9.17) is 9.26 Å². The fourth-order valence-corrected chi connectivity index (χ4v) is 3.58. The summed E-state index contributed by atoms with van der Waals surface area (Å²) in [5.41, 5.74) is 1.48. The second kappa shape index (κ2) is 10.5. The largest absolute Gasteiger partial charge is 0.379 e. The van der Waals surface area contributed by atoms with E-state index >= 15 is 0 Å². The highest BCUT2D eigenvalue weighted by molar-refractivity contribution is 7.43. The van der Waals surface area contributed by atoms with Crippen LogP contribution in [-0.4, -0.2) is 41.5 Å². The van der Waals surface area contributed by atoms with Crippen LogP contribution in [0.4, 0.5) is 0 Å². The number of allylic oxidation sites excluding steroid dienone is 4. The summed E-state index contributed by atoms with van der Waals surface area (Å²) in [4.78, 5) is 10.1. The van der Waals surface area contributed by atoms with Crippen LogP contribution in [0, 0.1) is 0 Å². The van der Waals surface area contributed by atoms with Crippen molar-refractivity contribution in [1.29, 1.82) is 0 Å². The molecule has 0 aromatic carbocycles. The zero-order valence-electron chi connectivity index (χ0n) is 13.8. The molecular weight excluding hydrogens is 285 g/mol. The van der Waals surface area contributed by atoms with Gasteiger partial charge in [-0.1, -0.05) is 23.8 Å². The molecule has 1 atom stereocenters. The average Bonchev–Trinajstić information content (AvgIpc) is 2.89. The Bertz CT molecular complexity index is 334. The third kappa shape index (κ3) is 7.53. The monoisotopic (exact) mass is 315 g/mol. The van der Waals surface area contributed by atoms with Crippen LogP contribution in [0.1, 0.15) is 47.0 Å². The quantitative estimate of drug-likeness (QED) is 0.462. The molecular formula is C16H30NO3P. The van der Waals surface area contributed by atoms with Crippen LogP contribution in [0.2, 0.25) is 0 Å². The number of rotatable bonds is 11. The molecule has 21 heavy (non-hydrogen) atoms. The minimum atomic E-state index is -1.52. The van der Waals surface area contributed by atoms with Gasteiger partial charge in [0.2, 0.25) is 0 Å². The lowest BCUT2D eigenvalue weighted by Crippen LogP contribution is -2.33. The second-order valence-electron chi connectivity index (χ2n) is 5.83. The zero-order chi connectivity index (χ0) is 15.7. The maximum absolute atomic E-state index is 10.1. The fraction of sp³-hybridized carbons (Fsp3) is 0.750. The van der Waals surface area contributed by atoms with Crippen LogP contribution < -0.4 is 0 Å². The Morgan fingerprint density at radius 2 is 1.90 bits per heavy atom. The van der Waals surface area contributed by atoms with Crippen molar-refractivity contribution in [2.75, 3.05) is 19.8 Å². The first-order valence-electron chi connectivity index (χ1n) is 7.85. The molecule has 122 valence electrons. The molecule has 5 heteroatoms. The smallest absolute Gasteiger partial charge is 0.256 e. The molecule has 1 aliphatic carbocycles. The Morgan fingerprint density at radius 1 is 1.19 bits per heavy atom. The predicted octanol–water partition coefficient (Wildman–Crippen LogP) is 4.02. The van der Waals surface area contributed by atoms with E-state index < -0.39 is 8.53 Å². The molecule has 0 radical (unpaired) electrons. The summed E-state index contributed by atoms with van der Waals surface area (Å²) >= 11 is 0.